The summed E-state index contributed by atoms with van der Waals surface area (Å²) in [6.07, 6.45) is 3.39. The van der Waals surface area contributed by atoms with Crippen molar-refractivity contribution in [2.24, 2.45) is 0 Å². The monoisotopic (exact) mass is 274 g/mol. The molecule has 102 valence electrons. The fraction of sp³-hybridized carbons (Fsp3) is 0.0526. The summed E-state index contributed by atoms with van der Waals surface area (Å²) in [6, 6.07) is 11.4. The molecule has 0 aromatic heterocycles. The number of ketones is 2. The molecule has 21 heavy (non-hydrogen) atoms. The second-order valence-electron chi connectivity index (χ2n) is 5.06. The number of allylic oxidation sites excluding steroid dienone is 2. The first-order chi connectivity index (χ1) is 10.1. The Bertz CT molecular complexity index is 730. The minimum absolute atomic E-state index is 0.0729. The Morgan fingerprint density at radius 2 is 1.24 bits per heavy atom. The van der Waals surface area contributed by atoms with Gasteiger partial charge >= 0.3 is 0 Å². The zero-order chi connectivity index (χ0) is 15.0. The average Bonchev–Trinajstić information content (AvgIpc) is 2.89. The molecule has 1 aliphatic carbocycles. The fourth-order valence-electron chi connectivity index (χ4n) is 2.75. The zero-order valence-electron chi connectivity index (χ0n) is 11.6. The van der Waals surface area contributed by atoms with Gasteiger partial charge in [-0.3, -0.25) is 9.59 Å². The van der Waals surface area contributed by atoms with Crippen LogP contribution in [0.2, 0.25) is 0 Å². The predicted molar refractivity (Wildman–Crippen MR) is 83.7 cm³/mol. The highest BCUT2D eigenvalue weighted by Crippen LogP contribution is 2.37. The molecule has 0 unspecified atom stereocenters. The Morgan fingerprint density at radius 1 is 0.810 bits per heavy atom. The van der Waals surface area contributed by atoms with E-state index >= 15 is 0 Å². The average molecular weight is 274 g/mol. The first-order valence-corrected chi connectivity index (χ1v) is 6.74. The Balaban J connectivity index is 2.05. The summed E-state index contributed by atoms with van der Waals surface area (Å²) in [6.45, 7) is 7.03. The molecule has 0 radical (unpaired) electrons. The van der Waals surface area contributed by atoms with Crippen molar-refractivity contribution in [2.45, 2.75) is 6.42 Å². The zero-order valence-corrected chi connectivity index (χ0v) is 11.6. The summed E-state index contributed by atoms with van der Waals surface area (Å²) in [5.74, 6) is -0.146. The van der Waals surface area contributed by atoms with Gasteiger partial charge in [0.25, 0.3) is 0 Å². The lowest BCUT2D eigenvalue weighted by molar-refractivity contribution is 0.103. The molecular formula is C19H14O2. The topological polar surface area (TPSA) is 34.1 Å². The summed E-state index contributed by atoms with van der Waals surface area (Å²) in [5.41, 5.74) is 5.78. The normalized spacial score (nSPS) is 11.4. The van der Waals surface area contributed by atoms with Gasteiger partial charge < -0.3 is 0 Å². The minimum Gasteiger partial charge on any atom is -0.289 e. The SMILES string of the molecule is C=CC(=O)c1ccc2c(c1)Cc1cc(C(=O)C=C)ccc1-2. The van der Waals surface area contributed by atoms with Gasteiger partial charge in [-0.15, -0.1) is 0 Å². The molecule has 0 bridgehead atoms. The lowest BCUT2D eigenvalue weighted by Crippen LogP contribution is -1.95. The van der Waals surface area contributed by atoms with Crippen LogP contribution in [0.15, 0.2) is 61.7 Å². The molecule has 2 nitrogen and oxygen atoms in total. The van der Waals surface area contributed by atoms with Crippen molar-refractivity contribution in [3.8, 4) is 11.1 Å². The van der Waals surface area contributed by atoms with Crippen LogP contribution in [0, 0.1) is 0 Å². The quantitative estimate of drug-likeness (QED) is 0.532. The number of carbonyl (C=O) groups excluding carboxylic acids is 2. The number of rotatable bonds is 4. The Labute approximate surface area is 123 Å². The summed E-state index contributed by atoms with van der Waals surface area (Å²) >= 11 is 0. The number of hydrogen-bond donors (Lipinski definition) is 0. The lowest BCUT2D eigenvalue weighted by Gasteiger charge is -2.03. The van der Waals surface area contributed by atoms with E-state index in [4.69, 9.17) is 0 Å². The minimum atomic E-state index is -0.0729. The molecule has 0 aliphatic heterocycles. The van der Waals surface area contributed by atoms with Crippen molar-refractivity contribution < 1.29 is 9.59 Å². The van der Waals surface area contributed by atoms with Crippen LogP contribution >= 0.6 is 0 Å². The summed E-state index contributed by atoms with van der Waals surface area (Å²) < 4.78 is 0. The van der Waals surface area contributed by atoms with Crippen LogP contribution in [0.3, 0.4) is 0 Å². The van der Waals surface area contributed by atoms with Gasteiger partial charge in [-0.1, -0.05) is 37.4 Å². The molecule has 3 rings (SSSR count). The van der Waals surface area contributed by atoms with Crippen molar-refractivity contribution >= 4 is 11.6 Å². The Morgan fingerprint density at radius 3 is 1.62 bits per heavy atom. The van der Waals surface area contributed by atoms with Crippen LogP contribution in [0.5, 0.6) is 0 Å². The van der Waals surface area contributed by atoms with Crippen LogP contribution < -0.4 is 0 Å². The fourth-order valence-corrected chi connectivity index (χ4v) is 2.75. The van der Waals surface area contributed by atoms with E-state index in [0.717, 1.165) is 28.7 Å². The van der Waals surface area contributed by atoms with Crippen molar-refractivity contribution in [3.05, 3.63) is 84.0 Å². The first kappa shape index (κ1) is 13.3. The highest BCUT2D eigenvalue weighted by atomic mass is 16.1. The maximum absolute atomic E-state index is 11.7. The molecule has 0 atom stereocenters. The maximum Gasteiger partial charge on any atom is 0.185 e. The molecule has 0 saturated carbocycles. The standard InChI is InChI=1S/C19H14O2/c1-3-18(20)12-5-7-16-14(9-12)11-15-10-13(19(21)4-2)6-8-17(15)16/h3-10H,1-2,11H2. The molecule has 0 N–H and O–H groups in total. The second-order valence-corrected chi connectivity index (χ2v) is 5.06. The van der Waals surface area contributed by atoms with Gasteiger partial charge in [0.05, 0.1) is 0 Å². The van der Waals surface area contributed by atoms with Gasteiger partial charge in [0.1, 0.15) is 0 Å². The maximum atomic E-state index is 11.7. The van der Waals surface area contributed by atoms with Crippen LogP contribution in [-0.2, 0) is 6.42 Å². The van der Waals surface area contributed by atoms with Crippen molar-refractivity contribution in [2.75, 3.05) is 0 Å². The molecular weight excluding hydrogens is 260 g/mol. The molecule has 2 aromatic rings. The summed E-state index contributed by atoms with van der Waals surface area (Å²) in [4.78, 5) is 23.4. The highest BCUT2D eigenvalue weighted by molar-refractivity contribution is 6.06. The van der Waals surface area contributed by atoms with Crippen LogP contribution in [0.1, 0.15) is 31.8 Å². The molecule has 0 saturated heterocycles. The molecule has 0 amide bonds. The van der Waals surface area contributed by atoms with Gasteiger partial charge in [0.2, 0.25) is 0 Å². The molecule has 0 spiro atoms. The Kier molecular flexibility index (Phi) is 3.15. The number of hydrogen-bond acceptors (Lipinski definition) is 2. The van der Waals surface area contributed by atoms with Gasteiger partial charge in [-0.05, 0) is 53.0 Å². The van der Waals surface area contributed by atoms with Crippen molar-refractivity contribution in [3.63, 3.8) is 0 Å². The largest absolute Gasteiger partial charge is 0.289 e. The van der Waals surface area contributed by atoms with E-state index in [2.05, 4.69) is 13.2 Å². The van der Waals surface area contributed by atoms with E-state index in [1.807, 2.05) is 36.4 Å². The first-order valence-electron chi connectivity index (χ1n) is 6.74. The van der Waals surface area contributed by atoms with Crippen LogP contribution in [-0.4, -0.2) is 11.6 Å². The van der Waals surface area contributed by atoms with Gasteiger partial charge in [0.15, 0.2) is 11.6 Å². The lowest BCUT2D eigenvalue weighted by atomic mass is 10.0. The van der Waals surface area contributed by atoms with E-state index in [9.17, 15) is 9.59 Å². The van der Waals surface area contributed by atoms with E-state index in [-0.39, 0.29) is 11.6 Å². The summed E-state index contributed by atoms with van der Waals surface area (Å²) in [7, 11) is 0. The number of carbonyl (C=O) groups is 2. The van der Waals surface area contributed by atoms with Crippen molar-refractivity contribution in [1.82, 2.24) is 0 Å². The van der Waals surface area contributed by atoms with Gasteiger partial charge in [-0.2, -0.15) is 0 Å². The third-order valence-corrected chi connectivity index (χ3v) is 3.82. The van der Waals surface area contributed by atoms with E-state index < -0.39 is 0 Å². The molecule has 0 heterocycles. The summed E-state index contributed by atoms with van der Waals surface area (Å²) in [5, 5.41) is 0. The predicted octanol–water partition coefficient (Wildman–Crippen LogP) is 4.00. The molecule has 2 aromatic carbocycles. The van der Waals surface area contributed by atoms with E-state index in [1.54, 1.807) is 0 Å². The van der Waals surface area contributed by atoms with E-state index in [0.29, 0.717) is 11.1 Å². The third-order valence-electron chi connectivity index (χ3n) is 3.82. The van der Waals surface area contributed by atoms with Gasteiger partial charge in [-0.25, -0.2) is 0 Å². The number of fused-ring (bicyclic) bond motifs is 3. The molecule has 0 fully saturated rings. The van der Waals surface area contributed by atoms with Crippen molar-refractivity contribution in [1.29, 1.82) is 0 Å². The number of benzene rings is 2. The molecule has 1 aliphatic rings. The second kappa shape index (κ2) is 4.98. The smallest absolute Gasteiger partial charge is 0.185 e. The van der Waals surface area contributed by atoms with E-state index in [1.165, 1.54) is 12.2 Å². The molecule has 2 heteroatoms. The third kappa shape index (κ3) is 2.15. The highest BCUT2D eigenvalue weighted by Gasteiger charge is 2.20. The Hall–Kier alpha value is -2.74. The van der Waals surface area contributed by atoms with Gasteiger partial charge in [0, 0.05) is 11.1 Å². The van der Waals surface area contributed by atoms with Crippen LogP contribution in [0.25, 0.3) is 11.1 Å². The van der Waals surface area contributed by atoms with Crippen LogP contribution in [0.4, 0.5) is 0 Å².